The zero-order valence-electron chi connectivity index (χ0n) is 15.1. The van der Waals surface area contributed by atoms with E-state index in [-0.39, 0.29) is 6.04 Å². The summed E-state index contributed by atoms with van der Waals surface area (Å²) in [7, 11) is 3.72. The fourth-order valence-electron chi connectivity index (χ4n) is 2.91. The first-order valence-corrected chi connectivity index (χ1v) is 8.50. The summed E-state index contributed by atoms with van der Waals surface area (Å²) in [6, 6.07) is 7.90. The Morgan fingerprint density at radius 2 is 2.08 bits per heavy atom. The minimum Gasteiger partial charge on any atom is -0.382 e. The van der Waals surface area contributed by atoms with Crippen molar-refractivity contribution in [3.63, 3.8) is 0 Å². The second-order valence-electron chi connectivity index (χ2n) is 6.10. The van der Waals surface area contributed by atoms with Crippen molar-refractivity contribution in [3.05, 3.63) is 41.9 Å². The summed E-state index contributed by atoms with van der Waals surface area (Å²) in [6.45, 7) is 5.58. The molecule has 3 heterocycles. The van der Waals surface area contributed by atoms with Gasteiger partial charge in [0.15, 0.2) is 0 Å². The third kappa shape index (κ3) is 4.24. The minimum atomic E-state index is -0.0157. The molecule has 1 atom stereocenters. The van der Waals surface area contributed by atoms with Gasteiger partial charge in [0.1, 0.15) is 5.82 Å². The largest absolute Gasteiger partial charge is 0.382 e. The lowest BCUT2D eigenvalue weighted by molar-refractivity contribution is 0.122. The van der Waals surface area contributed by atoms with Gasteiger partial charge in [-0.1, -0.05) is 6.07 Å². The molecular formula is C18H25N5O2. The number of pyridine rings is 1. The number of methoxy groups -OCH3 is 1. The smallest absolute Gasteiger partial charge is 0.227 e. The van der Waals surface area contributed by atoms with Gasteiger partial charge in [-0.15, -0.1) is 0 Å². The maximum atomic E-state index is 5.43. The van der Waals surface area contributed by atoms with Gasteiger partial charge in [0.25, 0.3) is 0 Å². The highest BCUT2D eigenvalue weighted by atomic mass is 16.5. The van der Waals surface area contributed by atoms with Crippen molar-refractivity contribution in [1.29, 1.82) is 0 Å². The number of hydrogen-bond acceptors (Lipinski definition) is 7. The first kappa shape index (κ1) is 17.6. The molecule has 0 aromatic carbocycles. The van der Waals surface area contributed by atoms with Crippen molar-refractivity contribution in [2.24, 2.45) is 0 Å². The van der Waals surface area contributed by atoms with Crippen LogP contribution in [0.5, 0.6) is 0 Å². The lowest BCUT2D eigenvalue weighted by Gasteiger charge is -2.31. The highest BCUT2D eigenvalue weighted by Crippen LogP contribution is 2.25. The first-order chi connectivity index (χ1) is 12.2. The summed E-state index contributed by atoms with van der Waals surface area (Å²) in [6.07, 6.45) is 1.80. The van der Waals surface area contributed by atoms with Gasteiger partial charge in [0.05, 0.1) is 31.6 Å². The molecule has 0 saturated carbocycles. The van der Waals surface area contributed by atoms with Crippen LogP contribution in [0.15, 0.2) is 30.5 Å². The molecule has 0 bridgehead atoms. The summed E-state index contributed by atoms with van der Waals surface area (Å²) in [4.78, 5) is 18.1. The number of rotatable bonds is 6. The molecule has 0 aliphatic carbocycles. The molecule has 1 unspecified atom stereocenters. The number of nitrogens with zero attached hydrogens (tertiary/aromatic N) is 5. The normalized spacial score (nSPS) is 15.9. The predicted molar refractivity (Wildman–Crippen MR) is 97.1 cm³/mol. The molecule has 1 aliphatic heterocycles. The molecule has 25 heavy (non-hydrogen) atoms. The van der Waals surface area contributed by atoms with E-state index in [0.29, 0.717) is 19.8 Å². The van der Waals surface area contributed by atoms with E-state index in [1.807, 2.05) is 38.2 Å². The van der Waals surface area contributed by atoms with Crippen LogP contribution < -0.4 is 9.80 Å². The van der Waals surface area contributed by atoms with Gasteiger partial charge < -0.3 is 19.3 Å². The van der Waals surface area contributed by atoms with Gasteiger partial charge in [-0.25, -0.2) is 4.98 Å². The van der Waals surface area contributed by atoms with Crippen molar-refractivity contribution < 1.29 is 9.47 Å². The van der Waals surface area contributed by atoms with E-state index in [1.54, 1.807) is 13.3 Å². The zero-order chi connectivity index (χ0) is 17.6. The molecule has 7 nitrogen and oxygen atoms in total. The lowest BCUT2D eigenvalue weighted by atomic mass is 10.1. The summed E-state index contributed by atoms with van der Waals surface area (Å²) >= 11 is 0. The molecular weight excluding hydrogens is 318 g/mol. The number of ether oxygens (including phenoxy) is 2. The molecule has 134 valence electrons. The maximum absolute atomic E-state index is 5.43. The average Bonchev–Trinajstić information content (AvgIpc) is 2.66. The topological polar surface area (TPSA) is 63.6 Å². The summed E-state index contributed by atoms with van der Waals surface area (Å²) < 4.78 is 10.9. The van der Waals surface area contributed by atoms with Crippen molar-refractivity contribution in [1.82, 2.24) is 15.0 Å². The standard InChI is InChI=1S/C18H25N5O2/c1-14-12-17(21-18(20-14)23-8-10-25-11-9-23)22(2)16(13-24-3)15-6-4-5-7-19-15/h4-7,12,16H,8-11,13H2,1-3H3. The Kier molecular flexibility index (Phi) is 5.78. The van der Waals surface area contributed by atoms with Crippen molar-refractivity contribution in [2.75, 3.05) is 56.9 Å². The molecule has 1 saturated heterocycles. The van der Waals surface area contributed by atoms with Gasteiger partial charge in [-0.2, -0.15) is 4.98 Å². The fraction of sp³-hybridized carbons (Fsp3) is 0.500. The van der Waals surface area contributed by atoms with Gasteiger partial charge in [-0.3, -0.25) is 4.98 Å². The van der Waals surface area contributed by atoms with Crippen LogP contribution in [0.25, 0.3) is 0 Å². The lowest BCUT2D eigenvalue weighted by Crippen LogP contribution is -2.38. The van der Waals surface area contributed by atoms with E-state index >= 15 is 0 Å². The number of anilines is 2. The Hall–Kier alpha value is -2.25. The van der Waals surface area contributed by atoms with Crippen LogP contribution in [0.2, 0.25) is 0 Å². The Balaban J connectivity index is 1.89. The number of aromatic nitrogens is 3. The highest BCUT2D eigenvalue weighted by molar-refractivity contribution is 5.47. The van der Waals surface area contributed by atoms with E-state index in [9.17, 15) is 0 Å². The van der Waals surface area contributed by atoms with E-state index < -0.39 is 0 Å². The van der Waals surface area contributed by atoms with E-state index in [4.69, 9.17) is 14.5 Å². The van der Waals surface area contributed by atoms with Crippen LogP contribution in [-0.2, 0) is 9.47 Å². The second kappa shape index (κ2) is 8.22. The molecule has 7 heteroatoms. The molecule has 0 amide bonds. The first-order valence-electron chi connectivity index (χ1n) is 8.50. The molecule has 0 radical (unpaired) electrons. The molecule has 0 N–H and O–H groups in total. The Bertz CT molecular complexity index is 676. The minimum absolute atomic E-state index is 0.0157. The Labute approximate surface area is 148 Å². The van der Waals surface area contributed by atoms with Gasteiger partial charge in [0.2, 0.25) is 5.95 Å². The van der Waals surface area contributed by atoms with E-state index in [0.717, 1.165) is 36.2 Å². The van der Waals surface area contributed by atoms with Gasteiger partial charge in [-0.05, 0) is 19.1 Å². The van der Waals surface area contributed by atoms with Crippen LogP contribution in [0, 0.1) is 6.92 Å². The van der Waals surface area contributed by atoms with Crippen LogP contribution in [-0.4, -0.2) is 62.0 Å². The molecule has 3 rings (SSSR count). The van der Waals surface area contributed by atoms with E-state index in [1.165, 1.54) is 0 Å². The van der Waals surface area contributed by atoms with Crippen LogP contribution in [0.3, 0.4) is 0 Å². The van der Waals surface area contributed by atoms with Crippen molar-refractivity contribution in [2.45, 2.75) is 13.0 Å². The summed E-state index contributed by atoms with van der Waals surface area (Å²) in [5.74, 6) is 1.61. The zero-order valence-corrected chi connectivity index (χ0v) is 15.1. The fourth-order valence-corrected chi connectivity index (χ4v) is 2.91. The number of morpholine rings is 1. The maximum Gasteiger partial charge on any atom is 0.227 e. The quantitative estimate of drug-likeness (QED) is 0.793. The van der Waals surface area contributed by atoms with Crippen molar-refractivity contribution >= 4 is 11.8 Å². The summed E-state index contributed by atoms with van der Waals surface area (Å²) in [5, 5.41) is 0. The number of likely N-dealkylation sites (N-methyl/N-ethyl adjacent to an activating group) is 1. The molecule has 1 aliphatic rings. The molecule has 1 fully saturated rings. The molecule has 2 aromatic heterocycles. The van der Waals surface area contributed by atoms with Crippen molar-refractivity contribution in [3.8, 4) is 0 Å². The second-order valence-corrected chi connectivity index (χ2v) is 6.10. The van der Waals surface area contributed by atoms with Crippen LogP contribution in [0.4, 0.5) is 11.8 Å². The average molecular weight is 343 g/mol. The van der Waals surface area contributed by atoms with Gasteiger partial charge >= 0.3 is 0 Å². The number of aryl methyl sites for hydroxylation is 1. The predicted octanol–water partition coefficient (Wildman–Crippen LogP) is 1.84. The van der Waals surface area contributed by atoms with Crippen LogP contribution >= 0.6 is 0 Å². The Morgan fingerprint density at radius 1 is 1.28 bits per heavy atom. The third-order valence-electron chi connectivity index (χ3n) is 4.31. The van der Waals surface area contributed by atoms with E-state index in [2.05, 4.69) is 19.8 Å². The Morgan fingerprint density at radius 3 is 2.76 bits per heavy atom. The van der Waals surface area contributed by atoms with Gasteiger partial charge in [0, 0.05) is 45.2 Å². The third-order valence-corrected chi connectivity index (χ3v) is 4.31. The molecule has 0 spiro atoms. The highest BCUT2D eigenvalue weighted by Gasteiger charge is 2.22. The van der Waals surface area contributed by atoms with Crippen LogP contribution in [0.1, 0.15) is 17.4 Å². The SMILES string of the molecule is COCC(c1ccccn1)N(C)c1cc(C)nc(N2CCOCC2)n1. The number of hydrogen-bond donors (Lipinski definition) is 0. The molecule has 2 aromatic rings. The monoisotopic (exact) mass is 343 g/mol. The summed E-state index contributed by atoms with van der Waals surface area (Å²) in [5.41, 5.74) is 1.89.